The van der Waals surface area contributed by atoms with Gasteiger partial charge >= 0.3 is 5.97 Å². The molecule has 0 radical (unpaired) electrons. The third-order valence-electron chi connectivity index (χ3n) is 4.09. The Morgan fingerprint density at radius 2 is 1.75 bits per heavy atom. The van der Waals surface area contributed by atoms with Crippen LogP contribution in [0.25, 0.3) is 0 Å². The van der Waals surface area contributed by atoms with E-state index in [1.165, 1.54) is 18.7 Å². The molecule has 150 valence electrons. The predicted octanol–water partition coefficient (Wildman–Crippen LogP) is 4.23. The summed E-state index contributed by atoms with van der Waals surface area (Å²) in [6, 6.07) is 12.4. The minimum absolute atomic E-state index is 0.289. The summed E-state index contributed by atoms with van der Waals surface area (Å²) in [5, 5.41) is 2.72. The fraction of sp³-hybridized carbons (Fsp3) is 0.364. The summed E-state index contributed by atoms with van der Waals surface area (Å²) in [4.78, 5) is 24.2. The molecule has 0 saturated carbocycles. The zero-order valence-electron chi connectivity index (χ0n) is 16.6. The van der Waals surface area contributed by atoms with Gasteiger partial charge in [-0.15, -0.1) is 0 Å². The molecular weight excluding hydrogens is 358 g/mol. The van der Waals surface area contributed by atoms with E-state index in [1.807, 2.05) is 31.2 Å². The maximum absolute atomic E-state index is 12.2. The Bertz CT molecular complexity index is 786. The van der Waals surface area contributed by atoms with Crippen LogP contribution in [0.4, 0.5) is 5.69 Å². The third kappa shape index (κ3) is 6.30. The van der Waals surface area contributed by atoms with Crippen LogP contribution in [-0.2, 0) is 16.0 Å². The highest BCUT2D eigenvalue weighted by molar-refractivity contribution is 5.95. The summed E-state index contributed by atoms with van der Waals surface area (Å²) in [5.74, 6) is -0.0209. The van der Waals surface area contributed by atoms with Gasteiger partial charge in [0.15, 0.2) is 18.1 Å². The normalized spacial score (nSPS) is 10.2. The number of benzene rings is 2. The molecule has 0 heterocycles. The molecule has 0 atom stereocenters. The molecule has 1 amide bonds. The van der Waals surface area contributed by atoms with Gasteiger partial charge in [0.05, 0.1) is 19.3 Å². The van der Waals surface area contributed by atoms with E-state index in [2.05, 4.69) is 12.2 Å². The van der Waals surface area contributed by atoms with Gasteiger partial charge in [-0.05, 0) is 55.7 Å². The molecule has 2 rings (SSSR count). The molecule has 0 bridgehead atoms. The van der Waals surface area contributed by atoms with Crippen molar-refractivity contribution >= 4 is 17.6 Å². The molecule has 0 aromatic heterocycles. The van der Waals surface area contributed by atoms with Crippen molar-refractivity contribution in [2.24, 2.45) is 0 Å². The predicted molar refractivity (Wildman–Crippen MR) is 108 cm³/mol. The number of esters is 1. The fourth-order valence-electron chi connectivity index (χ4n) is 2.62. The Morgan fingerprint density at radius 3 is 2.39 bits per heavy atom. The lowest BCUT2D eigenvalue weighted by molar-refractivity contribution is -0.119. The molecule has 0 aliphatic carbocycles. The number of hydrogen-bond acceptors (Lipinski definition) is 5. The number of amides is 1. The van der Waals surface area contributed by atoms with Gasteiger partial charge in [-0.25, -0.2) is 4.79 Å². The van der Waals surface area contributed by atoms with E-state index in [9.17, 15) is 9.59 Å². The highest BCUT2D eigenvalue weighted by atomic mass is 16.5. The topological polar surface area (TPSA) is 73.9 Å². The monoisotopic (exact) mass is 385 g/mol. The maximum Gasteiger partial charge on any atom is 0.338 e. The Morgan fingerprint density at radius 1 is 1.00 bits per heavy atom. The highest BCUT2D eigenvalue weighted by Crippen LogP contribution is 2.28. The van der Waals surface area contributed by atoms with Crippen LogP contribution in [-0.4, -0.2) is 32.2 Å². The number of carbonyl (C=O) groups excluding carboxylic acids is 2. The minimum Gasteiger partial charge on any atom is -0.493 e. The molecule has 2 aromatic rings. The number of ether oxygens (including phenoxy) is 3. The molecule has 0 saturated heterocycles. The van der Waals surface area contributed by atoms with Crippen molar-refractivity contribution in [2.45, 2.75) is 33.1 Å². The van der Waals surface area contributed by atoms with Crippen LogP contribution < -0.4 is 14.8 Å². The summed E-state index contributed by atoms with van der Waals surface area (Å²) in [6.07, 6.45) is 3.30. The van der Waals surface area contributed by atoms with Crippen LogP contribution >= 0.6 is 0 Å². The average Bonchev–Trinajstić information content (AvgIpc) is 2.71. The van der Waals surface area contributed by atoms with Crippen molar-refractivity contribution in [3.8, 4) is 11.5 Å². The molecule has 0 spiro atoms. The molecule has 0 fully saturated rings. The summed E-state index contributed by atoms with van der Waals surface area (Å²) in [5.41, 5.74) is 2.19. The van der Waals surface area contributed by atoms with Crippen LogP contribution in [0.1, 0.15) is 42.6 Å². The lowest BCUT2D eigenvalue weighted by Gasteiger charge is -2.11. The van der Waals surface area contributed by atoms with Gasteiger partial charge in [0.1, 0.15) is 0 Å². The van der Waals surface area contributed by atoms with Crippen molar-refractivity contribution in [1.29, 1.82) is 0 Å². The summed E-state index contributed by atoms with van der Waals surface area (Å²) in [7, 11) is 1.52. The average molecular weight is 385 g/mol. The number of rotatable bonds is 10. The first-order valence-corrected chi connectivity index (χ1v) is 9.44. The molecule has 28 heavy (non-hydrogen) atoms. The fourth-order valence-corrected chi connectivity index (χ4v) is 2.62. The summed E-state index contributed by atoms with van der Waals surface area (Å²) >= 11 is 0. The third-order valence-corrected chi connectivity index (χ3v) is 4.09. The van der Waals surface area contributed by atoms with E-state index in [-0.39, 0.29) is 12.2 Å². The van der Waals surface area contributed by atoms with E-state index in [1.54, 1.807) is 12.1 Å². The van der Waals surface area contributed by atoms with Crippen LogP contribution in [0, 0.1) is 0 Å². The van der Waals surface area contributed by atoms with Gasteiger partial charge in [0, 0.05) is 5.69 Å². The maximum atomic E-state index is 12.2. The standard InChI is InChI=1S/C22H27NO5/c1-4-6-7-16-8-11-18(12-9-16)23-21(24)15-28-22(25)17-10-13-19(26-3)20(14-17)27-5-2/h8-14H,4-7,15H2,1-3H3,(H,23,24). The van der Waals surface area contributed by atoms with Crippen molar-refractivity contribution in [3.63, 3.8) is 0 Å². The molecule has 0 aliphatic heterocycles. The first kappa shape index (κ1) is 21.3. The van der Waals surface area contributed by atoms with E-state index < -0.39 is 11.9 Å². The zero-order valence-corrected chi connectivity index (χ0v) is 16.6. The molecular formula is C22H27NO5. The number of methoxy groups -OCH3 is 1. The van der Waals surface area contributed by atoms with Gasteiger partial charge in [-0.3, -0.25) is 4.79 Å². The molecule has 6 heteroatoms. The van der Waals surface area contributed by atoms with Crippen molar-refractivity contribution in [2.75, 3.05) is 25.6 Å². The molecule has 6 nitrogen and oxygen atoms in total. The number of hydrogen-bond donors (Lipinski definition) is 1. The number of unbranched alkanes of at least 4 members (excludes halogenated alkanes) is 1. The van der Waals surface area contributed by atoms with Crippen molar-refractivity contribution < 1.29 is 23.8 Å². The Kier molecular flexibility index (Phi) is 8.34. The van der Waals surface area contributed by atoms with Crippen molar-refractivity contribution in [1.82, 2.24) is 0 Å². The summed E-state index contributed by atoms with van der Waals surface area (Å²) < 4.78 is 15.7. The van der Waals surface area contributed by atoms with Crippen molar-refractivity contribution in [3.05, 3.63) is 53.6 Å². The largest absolute Gasteiger partial charge is 0.493 e. The second-order valence-electron chi connectivity index (χ2n) is 6.22. The number of nitrogens with one attached hydrogen (secondary N) is 1. The minimum atomic E-state index is -0.603. The lowest BCUT2D eigenvalue weighted by Crippen LogP contribution is -2.21. The van der Waals surface area contributed by atoms with Gasteiger partial charge in [-0.1, -0.05) is 25.5 Å². The molecule has 1 N–H and O–H groups in total. The first-order valence-electron chi connectivity index (χ1n) is 9.44. The van der Waals surface area contributed by atoms with Crippen LogP contribution in [0.15, 0.2) is 42.5 Å². The molecule has 0 aliphatic rings. The van der Waals surface area contributed by atoms with Gasteiger partial charge in [-0.2, -0.15) is 0 Å². The van der Waals surface area contributed by atoms with Gasteiger partial charge in [0.25, 0.3) is 5.91 Å². The first-order chi connectivity index (χ1) is 13.6. The second-order valence-corrected chi connectivity index (χ2v) is 6.22. The van der Waals surface area contributed by atoms with E-state index in [4.69, 9.17) is 14.2 Å². The summed E-state index contributed by atoms with van der Waals surface area (Å²) in [6.45, 7) is 4.06. The Hall–Kier alpha value is -3.02. The van der Waals surface area contributed by atoms with Gasteiger partial charge in [0.2, 0.25) is 0 Å². The quantitative estimate of drug-likeness (QED) is 0.620. The zero-order chi connectivity index (χ0) is 20.4. The highest BCUT2D eigenvalue weighted by Gasteiger charge is 2.14. The molecule has 2 aromatic carbocycles. The van der Waals surface area contributed by atoms with Crippen LogP contribution in [0.2, 0.25) is 0 Å². The SMILES string of the molecule is CCCCc1ccc(NC(=O)COC(=O)c2ccc(OC)c(OCC)c2)cc1. The van der Waals surface area contributed by atoms with Crippen LogP contribution in [0.5, 0.6) is 11.5 Å². The Labute approximate surface area is 165 Å². The number of carbonyl (C=O) groups is 2. The number of aryl methyl sites for hydroxylation is 1. The smallest absolute Gasteiger partial charge is 0.338 e. The number of anilines is 1. The molecule has 0 unspecified atom stereocenters. The van der Waals surface area contributed by atoms with E-state index in [0.29, 0.717) is 23.8 Å². The van der Waals surface area contributed by atoms with E-state index in [0.717, 1.165) is 19.3 Å². The van der Waals surface area contributed by atoms with E-state index >= 15 is 0 Å². The lowest BCUT2D eigenvalue weighted by atomic mass is 10.1. The van der Waals surface area contributed by atoms with Crippen LogP contribution in [0.3, 0.4) is 0 Å². The van der Waals surface area contributed by atoms with Gasteiger partial charge < -0.3 is 19.5 Å². The Balaban J connectivity index is 1.88. The second kappa shape index (κ2) is 11.0.